The van der Waals surface area contributed by atoms with Crippen LogP contribution in [0.1, 0.15) is 24.3 Å². The highest BCUT2D eigenvalue weighted by molar-refractivity contribution is 5.77. The van der Waals surface area contributed by atoms with Crippen molar-refractivity contribution >= 4 is 5.91 Å². The standard InChI is InChI=1S/C14H15FN2O3/c1-9-7-14(17-20-9)19-8-13(18)16-10(2)11-3-5-12(15)6-4-11/h3-7,10H,8H2,1-2H3,(H,16,18)/t10-/m0/s1. The Hall–Kier alpha value is -2.37. The lowest BCUT2D eigenvalue weighted by Gasteiger charge is -2.14. The van der Waals surface area contributed by atoms with E-state index >= 15 is 0 Å². The number of carbonyl (C=O) groups excluding carboxylic acids is 1. The molecule has 0 fully saturated rings. The van der Waals surface area contributed by atoms with E-state index in [2.05, 4.69) is 10.5 Å². The van der Waals surface area contributed by atoms with Crippen LogP contribution in [-0.2, 0) is 4.79 Å². The normalized spacial score (nSPS) is 11.9. The van der Waals surface area contributed by atoms with E-state index in [0.717, 1.165) is 5.56 Å². The molecule has 0 spiro atoms. The summed E-state index contributed by atoms with van der Waals surface area (Å²) in [5.41, 5.74) is 0.817. The molecule has 5 nitrogen and oxygen atoms in total. The van der Waals surface area contributed by atoms with Gasteiger partial charge in [0.15, 0.2) is 6.61 Å². The Labute approximate surface area is 115 Å². The summed E-state index contributed by atoms with van der Waals surface area (Å²) in [5.74, 6) is 0.284. The Kier molecular flexibility index (Phi) is 4.34. The van der Waals surface area contributed by atoms with Crippen LogP contribution in [0.3, 0.4) is 0 Å². The molecule has 0 radical (unpaired) electrons. The zero-order chi connectivity index (χ0) is 14.5. The molecule has 1 aromatic carbocycles. The third-order valence-corrected chi connectivity index (χ3v) is 2.70. The molecule has 1 atom stereocenters. The van der Waals surface area contributed by atoms with Gasteiger partial charge in [0.05, 0.1) is 6.04 Å². The molecule has 20 heavy (non-hydrogen) atoms. The van der Waals surface area contributed by atoms with Crippen molar-refractivity contribution in [3.8, 4) is 5.88 Å². The topological polar surface area (TPSA) is 64.4 Å². The van der Waals surface area contributed by atoms with Crippen LogP contribution in [0.2, 0.25) is 0 Å². The SMILES string of the molecule is Cc1cc(OCC(=O)N[C@@H](C)c2ccc(F)cc2)no1. The fraction of sp³-hybridized carbons (Fsp3) is 0.286. The van der Waals surface area contributed by atoms with Gasteiger partial charge in [-0.3, -0.25) is 4.79 Å². The molecular weight excluding hydrogens is 263 g/mol. The Bertz CT molecular complexity index is 580. The molecule has 1 amide bonds. The first-order chi connectivity index (χ1) is 9.54. The van der Waals surface area contributed by atoms with E-state index in [9.17, 15) is 9.18 Å². The molecule has 1 aromatic heterocycles. The fourth-order valence-electron chi connectivity index (χ4n) is 1.67. The molecule has 2 rings (SSSR count). The van der Waals surface area contributed by atoms with Crippen molar-refractivity contribution in [2.75, 3.05) is 6.61 Å². The summed E-state index contributed by atoms with van der Waals surface area (Å²) in [5, 5.41) is 6.36. The number of amides is 1. The minimum atomic E-state index is -0.308. The summed E-state index contributed by atoms with van der Waals surface area (Å²) < 4.78 is 22.8. The summed E-state index contributed by atoms with van der Waals surface area (Å²) in [4.78, 5) is 11.7. The molecule has 1 heterocycles. The largest absolute Gasteiger partial charge is 0.465 e. The van der Waals surface area contributed by atoms with Gasteiger partial charge in [-0.15, -0.1) is 0 Å². The number of aryl methyl sites for hydroxylation is 1. The van der Waals surface area contributed by atoms with E-state index in [-0.39, 0.29) is 30.3 Å². The predicted octanol–water partition coefficient (Wildman–Crippen LogP) is 2.38. The van der Waals surface area contributed by atoms with E-state index in [1.165, 1.54) is 12.1 Å². The summed E-state index contributed by atoms with van der Waals surface area (Å²) in [6.45, 7) is 3.39. The highest BCUT2D eigenvalue weighted by atomic mass is 19.1. The molecule has 0 aliphatic carbocycles. The van der Waals surface area contributed by atoms with Crippen molar-refractivity contribution in [1.29, 1.82) is 0 Å². The second-order valence-electron chi connectivity index (χ2n) is 4.41. The fourth-order valence-corrected chi connectivity index (χ4v) is 1.67. The second-order valence-corrected chi connectivity index (χ2v) is 4.41. The Balaban J connectivity index is 1.83. The van der Waals surface area contributed by atoms with Gasteiger partial charge in [0.2, 0.25) is 0 Å². The zero-order valence-electron chi connectivity index (χ0n) is 11.2. The van der Waals surface area contributed by atoms with Gasteiger partial charge in [-0.25, -0.2) is 4.39 Å². The summed E-state index contributed by atoms with van der Waals surface area (Å²) in [6, 6.07) is 7.33. The molecule has 1 N–H and O–H groups in total. The maximum Gasteiger partial charge on any atom is 0.258 e. The first kappa shape index (κ1) is 14.0. The third kappa shape index (κ3) is 3.81. The molecule has 0 unspecified atom stereocenters. The number of ether oxygens (including phenoxy) is 1. The molecular formula is C14H15FN2O3. The number of aromatic nitrogens is 1. The van der Waals surface area contributed by atoms with Crippen molar-refractivity contribution in [2.24, 2.45) is 0 Å². The lowest BCUT2D eigenvalue weighted by Crippen LogP contribution is -2.31. The molecule has 106 valence electrons. The van der Waals surface area contributed by atoms with E-state index in [0.29, 0.717) is 5.76 Å². The van der Waals surface area contributed by atoms with Crippen molar-refractivity contribution in [3.05, 3.63) is 47.5 Å². The maximum atomic E-state index is 12.8. The summed E-state index contributed by atoms with van der Waals surface area (Å²) in [6.07, 6.45) is 0. The van der Waals surface area contributed by atoms with Crippen LogP contribution in [-0.4, -0.2) is 17.7 Å². The quantitative estimate of drug-likeness (QED) is 0.912. The Morgan fingerprint density at radius 1 is 1.45 bits per heavy atom. The number of hydrogen-bond acceptors (Lipinski definition) is 4. The maximum absolute atomic E-state index is 12.8. The van der Waals surface area contributed by atoms with Crippen molar-refractivity contribution in [3.63, 3.8) is 0 Å². The molecule has 0 aliphatic heterocycles. The number of halogens is 1. The van der Waals surface area contributed by atoms with Crippen LogP contribution >= 0.6 is 0 Å². The lowest BCUT2D eigenvalue weighted by molar-refractivity contribution is -0.123. The average molecular weight is 278 g/mol. The van der Waals surface area contributed by atoms with Crippen LogP contribution in [0.4, 0.5) is 4.39 Å². The first-order valence-corrected chi connectivity index (χ1v) is 6.15. The number of rotatable bonds is 5. The average Bonchev–Trinajstić information content (AvgIpc) is 2.83. The van der Waals surface area contributed by atoms with E-state index in [4.69, 9.17) is 9.26 Å². The highest BCUT2D eigenvalue weighted by Gasteiger charge is 2.11. The van der Waals surface area contributed by atoms with Gasteiger partial charge < -0.3 is 14.6 Å². The molecule has 0 saturated carbocycles. The van der Waals surface area contributed by atoms with Crippen LogP contribution in [0, 0.1) is 12.7 Å². The van der Waals surface area contributed by atoms with Crippen LogP contribution in [0.15, 0.2) is 34.9 Å². The van der Waals surface area contributed by atoms with Crippen LogP contribution in [0.5, 0.6) is 5.88 Å². The van der Waals surface area contributed by atoms with Crippen LogP contribution in [0.25, 0.3) is 0 Å². The number of nitrogens with zero attached hydrogens (tertiary/aromatic N) is 1. The summed E-state index contributed by atoms with van der Waals surface area (Å²) >= 11 is 0. The van der Waals surface area contributed by atoms with Gasteiger partial charge in [-0.1, -0.05) is 12.1 Å². The van der Waals surface area contributed by atoms with Crippen LogP contribution < -0.4 is 10.1 Å². The monoisotopic (exact) mass is 278 g/mol. The predicted molar refractivity (Wildman–Crippen MR) is 69.7 cm³/mol. The molecule has 0 saturated heterocycles. The van der Waals surface area contributed by atoms with Crippen molar-refractivity contribution in [1.82, 2.24) is 10.5 Å². The number of nitrogens with one attached hydrogen (secondary N) is 1. The summed E-state index contributed by atoms with van der Waals surface area (Å²) in [7, 11) is 0. The number of carbonyl (C=O) groups is 1. The molecule has 0 bridgehead atoms. The number of hydrogen-bond donors (Lipinski definition) is 1. The highest BCUT2D eigenvalue weighted by Crippen LogP contribution is 2.13. The minimum absolute atomic E-state index is 0.155. The Morgan fingerprint density at radius 2 is 2.15 bits per heavy atom. The van der Waals surface area contributed by atoms with Crippen molar-refractivity contribution < 1.29 is 18.4 Å². The lowest BCUT2D eigenvalue weighted by atomic mass is 10.1. The van der Waals surface area contributed by atoms with E-state index < -0.39 is 0 Å². The van der Waals surface area contributed by atoms with E-state index in [1.54, 1.807) is 25.1 Å². The van der Waals surface area contributed by atoms with Gasteiger partial charge in [0.25, 0.3) is 11.8 Å². The molecule has 0 aliphatic rings. The second kappa shape index (κ2) is 6.18. The zero-order valence-corrected chi connectivity index (χ0v) is 11.2. The minimum Gasteiger partial charge on any atom is -0.465 e. The Morgan fingerprint density at radius 3 is 2.75 bits per heavy atom. The third-order valence-electron chi connectivity index (χ3n) is 2.70. The van der Waals surface area contributed by atoms with Crippen molar-refractivity contribution in [2.45, 2.75) is 19.9 Å². The number of benzene rings is 1. The van der Waals surface area contributed by atoms with Gasteiger partial charge in [-0.2, -0.15) is 0 Å². The molecule has 6 heteroatoms. The van der Waals surface area contributed by atoms with Gasteiger partial charge in [0.1, 0.15) is 11.6 Å². The van der Waals surface area contributed by atoms with Gasteiger partial charge in [0, 0.05) is 6.07 Å². The van der Waals surface area contributed by atoms with Gasteiger partial charge in [-0.05, 0) is 36.7 Å². The smallest absolute Gasteiger partial charge is 0.258 e. The first-order valence-electron chi connectivity index (χ1n) is 6.15. The van der Waals surface area contributed by atoms with Gasteiger partial charge >= 0.3 is 0 Å². The molecule has 2 aromatic rings. The van der Waals surface area contributed by atoms with E-state index in [1.807, 2.05) is 6.92 Å².